The van der Waals surface area contributed by atoms with Crippen LogP contribution in [-0.4, -0.2) is 18.5 Å². The summed E-state index contributed by atoms with van der Waals surface area (Å²) in [7, 11) is 0. The summed E-state index contributed by atoms with van der Waals surface area (Å²) in [6, 6.07) is -2.33. The average molecular weight is 445 g/mol. The van der Waals surface area contributed by atoms with Crippen LogP contribution in [0.3, 0.4) is 0 Å². The molecular formula is C13H4F15. The van der Waals surface area contributed by atoms with E-state index >= 15 is 0 Å². The Morgan fingerprint density at radius 2 is 0.714 bits per heavy atom. The van der Waals surface area contributed by atoms with Crippen molar-refractivity contribution in [3.05, 3.63) is 41.3 Å². The molecule has 161 valence electrons. The molecule has 1 radical (unpaired) electrons. The predicted molar refractivity (Wildman–Crippen MR) is 60.7 cm³/mol. The van der Waals surface area contributed by atoms with E-state index in [4.69, 9.17) is 0 Å². The molecule has 0 N–H and O–H groups in total. The third-order valence-corrected chi connectivity index (χ3v) is 3.36. The summed E-state index contributed by atoms with van der Waals surface area (Å²) >= 11 is 0. The monoisotopic (exact) mass is 445 g/mol. The predicted octanol–water partition coefficient (Wildman–Crippen LogP) is 6.83. The van der Waals surface area contributed by atoms with E-state index in [1.807, 2.05) is 0 Å². The van der Waals surface area contributed by atoms with Gasteiger partial charge in [-0.1, -0.05) is 0 Å². The van der Waals surface area contributed by atoms with E-state index in [2.05, 4.69) is 6.92 Å². The molecule has 0 atom stereocenters. The molecule has 0 aromatic heterocycles. The van der Waals surface area contributed by atoms with Crippen LogP contribution in [0.5, 0.6) is 0 Å². The maximum Gasteiger partial charge on any atom is 0.458 e. The fraction of sp³-hybridized carbons (Fsp3) is 0.462. The summed E-state index contributed by atoms with van der Waals surface area (Å²) < 4.78 is 192. The first-order chi connectivity index (χ1) is 12.0. The lowest BCUT2D eigenvalue weighted by Gasteiger charge is -2.29. The van der Waals surface area contributed by atoms with Crippen LogP contribution in [0.15, 0.2) is 12.1 Å². The van der Waals surface area contributed by atoms with Crippen LogP contribution < -0.4 is 0 Å². The van der Waals surface area contributed by atoms with Gasteiger partial charge in [0.05, 0.1) is 0 Å². The van der Waals surface area contributed by atoms with Gasteiger partial charge in [-0.05, 0) is 24.6 Å². The van der Waals surface area contributed by atoms with Crippen LogP contribution >= 0.6 is 0 Å². The highest BCUT2D eigenvalue weighted by Gasteiger charge is 2.65. The third kappa shape index (κ3) is 3.71. The molecule has 0 fully saturated rings. The largest absolute Gasteiger partial charge is 0.458 e. The first kappa shape index (κ1) is 24.2. The van der Waals surface area contributed by atoms with Gasteiger partial charge in [-0.25, -0.2) is 0 Å². The molecule has 0 heterocycles. The Bertz CT molecular complexity index is 685. The Kier molecular flexibility index (Phi) is 5.48. The molecule has 0 spiro atoms. The SMILES string of the molecule is [CH2]c1c(C(F)(F)C(F)(F)F)cc(C(F)(F)C(F)(F)F)cc1C(F)(F)C(F)(F)F. The maximum absolute atomic E-state index is 13.4. The molecule has 0 aliphatic carbocycles. The highest BCUT2D eigenvalue weighted by atomic mass is 19.4. The van der Waals surface area contributed by atoms with Gasteiger partial charge in [0.25, 0.3) is 0 Å². The summed E-state index contributed by atoms with van der Waals surface area (Å²) in [6.45, 7) is 2.18. The fourth-order valence-corrected chi connectivity index (χ4v) is 1.88. The van der Waals surface area contributed by atoms with Gasteiger partial charge in [-0.3, -0.25) is 0 Å². The van der Waals surface area contributed by atoms with E-state index in [9.17, 15) is 65.9 Å². The maximum atomic E-state index is 13.4. The zero-order chi connectivity index (χ0) is 22.7. The second-order valence-electron chi connectivity index (χ2n) is 5.27. The van der Waals surface area contributed by atoms with Gasteiger partial charge < -0.3 is 0 Å². The Labute approximate surface area is 144 Å². The van der Waals surface area contributed by atoms with Gasteiger partial charge in [-0.2, -0.15) is 65.9 Å². The molecule has 0 saturated heterocycles. The average Bonchev–Trinajstić information content (AvgIpc) is 2.42. The highest BCUT2D eigenvalue weighted by molar-refractivity contribution is 5.48. The summed E-state index contributed by atoms with van der Waals surface area (Å²) in [5.41, 5.74) is -11.4. The quantitative estimate of drug-likeness (QED) is 0.448. The third-order valence-electron chi connectivity index (χ3n) is 3.36. The van der Waals surface area contributed by atoms with Crippen molar-refractivity contribution in [2.45, 2.75) is 36.3 Å². The molecule has 1 aromatic rings. The molecule has 0 saturated carbocycles. The van der Waals surface area contributed by atoms with Gasteiger partial charge in [-0.15, -0.1) is 0 Å². The van der Waals surface area contributed by atoms with E-state index in [-0.39, 0.29) is 0 Å². The van der Waals surface area contributed by atoms with Gasteiger partial charge in [0.2, 0.25) is 0 Å². The van der Waals surface area contributed by atoms with Crippen molar-refractivity contribution in [1.82, 2.24) is 0 Å². The Morgan fingerprint density at radius 3 is 0.929 bits per heavy atom. The number of alkyl halides is 15. The topological polar surface area (TPSA) is 0 Å². The van der Waals surface area contributed by atoms with Crippen molar-refractivity contribution in [2.24, 2.45) is 0 Å². The number of rotatable bonds is 3. The molecule has 1 rings (SSSR count). The normalized spacial score (nSPS) is 15.1. The highest BCUT2D eigenvalue weighted by Crippen LogP contribution is 2.53. The molecule has 0 aliphatic rings. The van der Waals surface area contributed by atoms with Crippen molar-refractivity contribution in [3.8, 4) is 0 Å². The first-order valence-corrected chi connectivity index (χ1v) is 6.34. The summed E-state index contributed by atoms with van der Waals surface area (Å²) in [6.07, 6.45) is -20.2. The fourth-order valence-electron chi connectivity index (χ4n) is 1.88. The van der Waals surface area contributed by atoms with Crippen molar-refractivity contribution in [3.63, 3.8) is 0 Å². The zero-order valence-electron chi connectivity index (χ0n) is 12.5. The second kappa shape index (κ2) is 6.34. The van der Waals surface area contributed by atoms with Crippen LogP contribution in [0.4, 0.5) is 65.9 Å². The van der Waals surface area contributed by atoms with Crippen LogP contribution in [0, 0.1) is 6.92 Å². The van der Waals surface area contributed by atoms with Crippen molar-refractivity contribution < 1.29 is 65.9 Å². The van der Waals surface area contributed by atoms with E-state index < -0.39 is 70.7 Å². The number of benzene rings is 1. The standard InChI is InChI=1S/C13H4F15/c1-4-6(9(16,17)12(23,24)25)2-5(8(14,15)11(20,21)22)3-7(4)10(18,19)13(26,27)28/h2-3H,1H2. The van der Waals surface area contributed by atoms with Crippen LogP contribution in [0.1, 0.15) is 22.3 Å². The Balaban J connectivity index is 4.06. The van der Waals surface area contributed by atoms with Gasteiger partial charge in [0.15, 0.2) is 0 Å². The summed E-state index contributed by atoms with van der Waals surface area (Å²) in [4.78, 5) is 0. The number of halogens is 15. The molecular weight excluding hydrogens is 441 g/mol. The molecule has 0 unspecified atom stereocenters. The molecule has 0 nitrogen and oxygen atoms in total. The second-order valence-corrected chi connectivity index (χ2v) is 5.27. The van der Waals surface area contributed by atoms with E-state index in [1.54, 1.807) is 0 Å². The molecule has 0 amide bonds. The lowest BCUT2D eigenvalue weighted by molar-refractivity contribution is -0.295. The number of hydrogen-bond acceptors (Lipinski definition) is 0. The van der Waals surface area contributed by atoms with Crippen molar-refractivity contribution >= 4 is 0 Å². The smallest absolute Gasteiger partial charge is 0.191 e. The van der Waals surface area contributed by atoms with Crippen LogP contribution in [0.25, 0.3) is 0 Å². The molecule has 1 aromatic carbocycles. The van der Waals surface area contributed by atoms with E-state index in [1.165, 1.54) is 0 Å². The van der Waals surface area contributed by atoms with Gasteiger partial charge in [0, 0.05) is 16.7 Å². The summed E-state index contributed by atoms with van der Waals surface area (Å²) in [5, 5.41) is 0. The van der Waals surface area contributed by atoms with Crippen LogP contribution in [0.2, 0.25) is 0 Å². The molecule has 28 heavy (non-hydrogen) atoms. The van der Waals surface area contributed by atoms with Crippen molar-refractivity contribution in [2.75, 3.05) is 0 Å². The zero-order valence-corrected chi connectivity index (χ0v) is 12.5. The first-order valence-electron chi connectivity index (χ1n) is 6.34. The lowest BCUT2D eigenvalue weighted by atomic mass is 9.89. The Morgan fingerprint density at radius 1 is 0.464 bits per heavy atom. The summed E-state index contributed by atoms with van der Waals surface area (Å²) in [5.74, 6) is -19.1. The van der Waals surface area contributed by atoms with Crippen molar-refractivity contribution in [1.29, 1.82) is 0 Å². The van der Waals surface area contributed by atoms with E-state index in [0.717, 1.165) is 0 Å². The number of hydrogen-bond donors (Lipinski definition) is 0. The van der Waals surface area contributed by atoms with Gasteiger partial charge in [0.1, 0.15) is 0 Å². The minimum Gasteiger partial charge on any atom is -0.191 e. The Hall–Kier alpha value is -1.83. The minimum atomic E-state index is -6.74. The minimum absolute atomic E-state index is 1.17. The lowest BCUT2D eigenvalue weighted by Crippen LogP contribution is -2.40. The molecule has 0 bridgehead atoms. The molecule has 15 heteroatoms. The van der Waals surface area contributed by atoms with Gasteiger partial charge >= 0.3 is 36.3 Å². The van der Waals surface area contributed by atoms with Crippen LogP contribution in [-0.2, 0) is 17.8 Å². The molecule has 0 aliphatic heterocycles. The van der Waals surface area contributed by atoms with E-state index in [0.29, 0.717) is 0 Å².